The summed E-state index contributed by atoms with van der Waals surface area (Å²) in [5.74, 6) is 0.234. The first-order chi connectivity index (χ1) is 13.7. The van der Waals surface area contributed by atoms with E-state index in [0.29, 0.717) is 24.6 Å². The Morgan fingerprint density at radius 3 is 2.62 bits per heavy atom. The number of rotatable bonds is 7. The molecule has 10 nitrogen and oxygen atoms in total. The van der Waals surface area contributed by atoms with Crippen LogP contribution in [0, 0.1) is 17.0 Å². The Morgan fingerprint density at radius 1 is 1.31 bits per heavy atom. The van der Waals surface area contributed by atoms with Gasteiger partial charge >= 0.3 is 5.97 Å². The highest BCUT2D eigenvalue weighted by Crippen LogP contribution is 2.31. The van der Waals surface area contributed by atoms with Crippen molar-refractivity contribution in [2.24, 2.45) is 0 Å². The number of benzene rings is 1. The number of nitro benzene ring substituents is 1. The van der Waals surface area contributed by atoms with Crippen LogP contribution < -0.4 is 5.32 Å². The molecule has 1 N–H and O–H groups in total. The third-order valence-electron chi connectivity index (χ3n) is 4.69. The molecule has 0 saturated carbocycles. The van der Waals surface area contributed by atoms with E-state index in [1.807, 2.05) is 0 Å². The molecule has 1 saturated heterocycles. The van der Waals surface area contributed by atoms with Crippen molar-refractivity contribution in [3.8, 4) is 0 Å². The molecule has 11 heteroatoms. The minimum Gasteiger partial charge on any atom is -0.465 e. The highest BCUT2D eigenvalue weighted by atomic mass is 32.2. The van der Waals surface area contributed by atoms with Crippen molar-refractivity contribution >= 4 is 27.4 Å². The van der Waals surface area contributed by atoms with Crippen LogP contribution in [0.5, 0.6) is 0 Å². The number of hydrogen-bond acceptors (Lipinski definition) is 8. The number of ether oxygens (including phenoxy) is 1. The monoisotopic (exact) mass is 423 g/mol. The predicted octanol–water partition coefficient (Wildman–Crippen LogP) is 2.68. The van der Waals surface area contributed by atoms with Gasteiger partial charge in [0, 0.05) is 25.2 Å². The number of esters is 1. The molecule has 0 aliphatic carbocycles. The molecule has 0 atom stereocenters. The van der Waals surface area contributed by atoms with Crippen LogP contribution in [0.3, 0.4) is 0 Å². The van der Waals surface area contributed by atoms with Crippen LogP contribution in [-0.4, -0.2) is 43.8 Å². The summed E-state index contributed by atoms with van der Waals surface area (Å²) in [6.07, 6.45) is 1.50. The Labute approximate surface area is 167 Å². The van der Waals surface area contributed by atoms with Crippen LogP contribution in [0.25, 0.3) is 0 Å². The van der Waals surface area contributed by atoms with Gasteiger partial charge in [0.2, 0.25) is 10.0 Å². The van der Waals surface area contributed by atoms with Crippen molar-refractivity contribution in [2.45, 2.75) is 31.2 Å². The highest BCUT2D eigenvalue weighted by molar-refractivity contribution is 7.89. The van der Waals surface area contributed by atoms with Crippen LogP contribution in [-0.2, 0) is 21.3 Å². The van der Waals surface area contributed by atoms with Gasteiger partial charge in [-0.05, 0) is 31.9 Å². The van der Waals surface area contributed by atoms with Crippen molar-refractivity contribution < 1.29 is 27.3 Å². The Balaban J connectivity index is 1.91. The molecule has 156 valence electrons. The first-order valence-corrected chi connectivity index (χ1v) is 10.4. The minimum absolute atomic E-state index is 0.0815. The molecule has 0 bridgehead atoms. The number of nitrogens with one attached hydrogen (secondary N) is 1. The van der Waals surface area contributed by atoms with Gasteiger partial charge < -0.3 is 14.5 Å². The fraction of sp³-hybridized carbons (Fsp3) is 0.389. The van der Waals surface area contributed by atoms with Gasteiger partial charge in [0.05, 0.1) is 24.3 Å². The third-order valence-corrected chi connectivity index (χ3v) is 6.62. The summed E-state index contributed by atoms with van der Waals surface area (Å²) >= 11 is 0. The van der Waals surface area contributed by atoms with E-state index in [1.165, 1.54) is 29.6 Å². The third kappa shape index (κ3) is 4.25. The number of anilines is 1. The zero-order valence-electron chi connectivity index (χ0n) is 16.0. The van der Waals surface area contributed by atoms with Crippen molar-refractivity contribution in [1.82, 2.24) is 4.31 Å². The number of carbonyl (C=O) groups excluding carboxylic acids is 1. The lowest BCUT2D eigenvalue weighted by Crippen LogP contribution is -2.28. The summed E-state index contributed by atoms with van der Waals surface area (Å²) in [4.78, 5) is 22.1. The van der Waals surface area contributed by atoms with Crippen LogP contribution >= 0.6 is 0 Å². The molecule has 0 radical (unpaired) electrons. The van der Waals surface area contributed by atoms with Crippen LogP contribution in [0.1, 0.15) is 34.7 Å². The summed E-state index contributed by atoms with van der Waals surface area (Å²) in [5, 5.41) is 14.1. The molecule has 0 unspecified atom stereocenters. The van der Waals surface area contributed by atoms with Gasteiger partial charge in [-0.25, -0.2) is 13.2 Å². The topological polar surface area (TPSA) is 132 Å². The van der Waals surface area contributed by atoms with Crippen molar-refractivity contribution in [1.29, 1.82) is 0 Å². The lowest BCUT2D eigenvalue weighted by Gasteiger charge is -2.18. The molecule has 1 fully saturated rings. The van der Waals surface area contributed by atoms with E-state index in [9.17, 15) is 23.3 Å². The number of carbonyl (C=O) groups is 1. The molecule has 0 amide bonds. The summed E-state index contributed by atoms with van der Waals surface area (Å²) < 4.78 is 37.5. The summed E-state index contributed by atoms with van der Waals surface area (Å²) in [6, 6.07) is 5.16. The van der Waals surface area contributed by atoms with Gasteiger partial charge in [0.15, 0.2) is 0 Å². The van der Waals surface area contributed by atoms with Crippen LogP contribution in [0.15, 0.2) is 33.6 Å². The molecule has 3 rings (SSSR count). The number of sulfonamides is 1. The lowest BCUT2D eigenvalue weighted by atomic mass is 10.2. The Kier molecular flexibility index (Phi) is 5.89. The van der Waals surface area contributed by atoms with E-state index in [-0.39, 0.29) is 28.4 Å². The maximum atomic E-state index is 13.0. The van der Waals surface area contributed by atoms with Gasteiger partial charge in [-0.15, -0.1) is 0 Å². The second kappa shape index (κ2) is 8.21. The molecule has 0 spiro atoms. The zero-order valence-corrected chi connectivity index (χ0v) is 16.8. The van der Waals surface area contributed by atoms with Crippen molar-refractivity contribution in [2.75, 3.05) is 25.5 Å². The van der Waals surface area contributed by atoms with Crippen LogP contribution in [0.4, 0.5) is 11.4 Å². The number of nitro groups is 1. The molecule has 2 heterocycles. The standard InChI is InChI=1S/C18H21N3O7S/c1-12-15(18(22)27-2)10-14(28-12)11-19-16-6-5-13(21(23)24)9-17(16)29(25,26)20-7-3-4-8-20/h5-6,9-10,19H,3-4,7-8,11H2,1-2H3. The smallest absolute Gasteiger partial charge is 0.341 e. The first kappa shape index (κ1) is 20.8. The second-order valence-corrected chi connectivity index (χ2v) is 8.48. The van der Waals surface area contributed by atoms with E-state index < -0.39 is 20.9 Å². The molecule has 29 heavy (non-hydrogen) atoms. The summed E-state index contributed by atoms with van der Waals surface area (Å²) in [5.41, 5.74) is 0.184. The molecule has 1 aromatic heterocycles. The quantitative estimate of drug-likeness (QED) is 0.408. The fourth-order valence-corrected chi connectivity index (χ4v) is 4.88. The lowest BCUT2D eigenvalue weighted by molar-refractivity contribution is -0.385. The van der Waals surface area contributed by atoms with Gasteiger partial charge in [-0.2, -0.15) is 4.31 Å². The fourth-order valence-electron chi connectivity index (χ4n) is 3.18. The number of aryl methyl sites for hydroxylation is 1. The van der Waals surface area contributed by atoms with Gasteiger partial charge in [0.1, 0.15) is 22.0 Å². The van der Waals surface area contributed by atoms with Crippen LogP contribution in [0.2, 0.25) is 0 Å². The summed E-state index contributed by atoms with van der Waals surface area (Å²) in [6.45, 7) is 2.46. The van der Waals surface area contributed by atoms with E-state index in [0.717, 1.165) is 18.9 Å². The molecular weight excluding hydrogens is 402 g/mol. The average molecular weight is 423 g/mol. The molecule has 2 aromatic rings. The van der Waals surface area contributed by atoms with E-state index in [4.69, 9.17) is 4.42 Å². The first-order valence-electron chi connectivity index (χ1n) is 8.94. The average Bonchev–Trinajstić information content (AvgIpc) is 3.36. The molecule has 1 aliphatic heterocycles. The number of non-ortho nitro benzene ring substituents is 1. The van der Waals surface area contributed by atoms with Crippen molar-refractivity contribution in [3.05, 3.63) is 51.5 Å². The van der Waals surface area contributed by atoms with Gasteiger partial charge in [-0.3, -0.25) is 10.1 Å². The zero-order chi connectivity index (χ0) is 21.2. The number of nitrogens with zero attached hydrogens (tertiary/aromatic N) is 2. The van der Waals surface area contributed by atoms with Gasteiger partial charge in [0.25, 0.3) is 5.69 Å². The Hall–Kier alpha value is -2.92. The molecule has 1 aromatic carbocycles. The normalized spacial score (nSPS) is 14.7. The van der Waals surface area contributed by atoms with E-state index in [1.54, 1.807) is 6.92 Å². The highest BCUT2D eigenvalue weighted by Gasteiger charge is 2.31. The molecular formula is C18H21N3O7S. The number of furan rings is 1. The maximum absolute atomic E-state index is 13.0. The largest absolute Gasteiger partial charge is 0.465 e. The number of hydrogen-bond donors (Lipinski definition) is 1. The Morgan fingerprint density at radius 2 is 2.00 bits per heavy atom. The Bertz CT molecular complexity index is 1040. The van der Waals surface area contributed by atoms with Crippen molar-refractivity contribution in [3.63, 3.8) is 0 Å². The maximum Gasteiger partial charge on any atom is 0.341 e. The summed E-state index contributed by atoms with van der Waals surface area (Å²) in [7, 11) is -2.63. The minimum atomic E-state index is -3.89. The predicted molar refractivity (Wildman–Crippen MR) is 103 cm³/mol. The van der Waals surface area contributed by atoms with E-state index >= 15 is 0 Å². The SMILES string of the molecule is COC(=O)c1cc(CNc2ccc([N+](=O)[O-])cc2S(=O)(=O)N2CCCC2)oc1C. The van der Waals surface area contributed by atoms with Gasteiger partial charge in [-0.1, -0.05) is 0 Å². The number of methoxy groups -OCH3 is 1. The second-order valence-electron chi connectivity index (χ2n) is 6.58. The molecule has 1 aliphatic rings. The van der Waals surface area contributed by atoms with E-state index in [2.05, 4.69) is 10.1 Å².